The van der Waals surface area contributed by atoms with Crippen molar-refractivity contribution in [3.8, 4) is 23.0 Å². The molecule has 36 heavy (non-hydrogen) atoms. The number of benzene rings is 3. The van der Waals surface area contributed by atoms with Crippen molar-refractivity contribution in [3.63, 3.8) is 0 Å². The van der Waals surface area contributed by atoms with E-state index in [1.54, 1.807) is 71.0 Å². The topological polar surface area (TPSA) is 88.5 Å². The Kier molecular flexibility index (Phi) is 7.70. The van der Waals surface area contributed by atoms with E-state index < -0.39 is 5.97 Å². The van der Waals surface area contributed by atoms with Crippen LogP contribution in [-0.2, 0) is 4.84 Å². The van der Waals surface area contributed by atoms with Crippen molar-refractivity contribution in [2.75, 3.05) is 28.4 Å². The lowest BCUT2D eigenvalue weighted by Gasteiger charge is -2.14. The van der Waals surface area contributed by atoms with E-state index in [0.717, 1.165) is 15.2 Å². The molecule has 1 aromatic heterocycles. The Morgan fingerprint density at radius 3 is 2.17 bits per heavy atom. The van der Waals surface area contributed by atoms with Gasteiger partial charge in [0, 0.05) is 21.6 Å². The Labute approximate surface area is 216 Å². The van der Waals surface area contributed by atoms with E-state index in [9.17, 15) is 4.79 Å². The van der Waals surface area contributed by atoms with Gasteiger partial charge in [0.15, 0.2) is 23.0 Å². The van der Waals surface area contributed by atoms with Crippen LogP contribution in [-0.4, -0.2) is 45.1 Å². The van der Waals surface area contributed by atoms with E-state index in [1.165, 1.54) is 0 Å². The highest BCUT2D eigenvalue weighted by Gasteiger charge is 2.19. The summed E-state index contributed by atoms with van der Waals surface area (Å²) in [6.07, 6.45) is 1.65. The molecule has 0 bridgehead atoms. The summed E-state index contributed by atoms with van der Waals surface area (Å²) in [7, 11) is 6.23. The normalized spacial score (nSPS) is 11.2. The summed E-state index contributed by atoms with van der Waals surface area (Å²) in [6.45, 7) is 0. The summed E-state index contributed by atoms with van der Waals surface area (Å²) in [5.74, 6) is 1.52. The largest absolute Gasteiger partial charge is 0.493 e. The zero-order chi connectivity index (χ0) is 25.7. The van der Waals surface area contributed by atoms with Crippen LogP contribution in [0.25, 0.3) is 10.8 Å². The minimum atomic E-state index is -0.617. The smallest absolute Gasteiger partial charge is 0.365 e. The van der Waals surface area contributed by atoms with Gasteiger partial charge in [0.2, 0.25) is 0 Å². The zero-order valence-electron chi connectivity index (χ0n) is 20.1. The second kappa shape index (κ2) is 11.1. The molecule has 3 aromatic carbocycles. The molecule has 8 nitrogen and oxygen atoms in total. The number of fused-ring (bicyclic) bond motifs is 1. The maximum atomic E-state index is 12.8. The Morgan fingerprint density at radius 1 is 0.778 bits per heavy atom. The van der Waals surface area contributed by atoms with Gasteiger partial charge in [-0.1, -0.05) is 27.2 Å². The highest BCUT2D eigenvalue weighted by molar-refractivity contribution is 9.10. The zero-order valence-corrected chi connectivity index (χ0v) is 21.7. The van der Waals surface area contributed by atoms with Crippen molar-refractivity contribution in [3.05, 3.63) is 88.2 Å². The van der Waals surface area contributed by atoms with Crippen LogP contribution in [0.2, 0.25) is 0 Å². The van der Waals surface area contributed by atoms with Crippen LogP contribution >= 0.6 is 15.9 Å². The molecule has 1 heterocycles. The molecule has 0 amide bonds. The van der Waals surface area contributed by atoms with Crippen molar-refractivity contribution in [1.82, 2.24) is 4.98 Å². The van der Waals surface area contributed by atoms with E-state index >= 15 is 0 Å². The number of pyridine rings is 1. The minimum absolute atomic E-state index is 0.317. The first-order valence-corrected chi connectivity index (χ1v) is 11.6. The van der Waals surface area contributed by atoms with Gasteiger partial charge in [0.1, 0.15) is 11.4 Å². The first-order valence-electron chi connectivity index (χ1n) is 10.8. The fourth-order valence-corrected chi connectivity index (χ4v) is 4.06. The van der Waals surface area contributed by atoms with Gasteiger partial charge in [0.05, 0.1) is 34.0 Å². The monoisotopic (exact) mass is 550 g/mol. The molecule has 4 rings (SSSR count). The van der Waals surface area contributed by atoms with Crippen LogP contribution in [0.15, 0.2) is 76.5 Å². The number of halogens is 1. The molecule has 184 valence electrons. The molecule has 0 spiro atoms. The molecule has 4 aromatic rings. The van der Waals surface area contributed by atoms with Gasteiger partial charge in [-0.2, -0.15) is 0 Å². The molecule has 0 aliphatic carbocycles. The number of methoxy groups -OCH3 is 4. The molecule has 0 atom stereocenters. The lowest BCUT2D eigenvalue weighted by molar-refractivity contribution is 0.0517. The van der Waals surface area contributed by atoms with Crippen molar-refractivity contribution < 1.29 is 28.6 Å². The van der Waals surface area contributed by atoms with Crippen LogP contribution < -0.4 is 18.9 Å². The number of nitrogens with zero attached hydrogens (tertiary/aromatic N) is 2. The standard InChI is InChI=1S/C27H23BrN2O6/c1-32-21-9-8-17(14-22(21)33-2)25(30-36-27(31)18-6-5-7-19(28)12-18)26-20-15-24(35-4)23(34-3)13-16(20)10-11-29-26/h5-15H,1-4H3/b30-25+. The second-order valence-electron chi connectivity index (χ2n) is 7.49. The molecule has 0 unspecified atom stereocenters. The number of oxime groups is 1. The molecule has 0 fully saturated rings. The number of hydrogen-bond acceptors (Lipinski definition) is 8. The van der Waals surface area contributed by atoms with Gasteiger partial charge < -0.3 is 23.8 Å². The van der Waals surface area contributed by atoms with E-state index in [1.807, 2.05) is 24.3 Å². The lowest BCUT2D eigenvalue weighted by atomic mass is 10.0. The molecule has 0 saturated heterocycles. The van der Waals surface area contributed by atoms with Crippen LogP contribution in [0, 0.1) is 0 Å². The van der Waals surface area contributed by atoms with Crippen molar-refractivity contribution in [2.45, 2.75) is 0 Å². The molecule has 0 saturated carbocycles. The van der Waals surface area contributed by atoms with Crippen LogP contribution in [0.5, 0.6) is 23.0 Å². The van der Waals surface area contributed by atoms with Gasteiger partial charge in [0.25, 0.3) is 0 Å². The summed E-state index contributed by atoms with van der Waals surface area (Å²) >= 11 is 3.36. The van der Waals surface area contributed by atoms with Crippen LogP contribution in [0.3, 0.4) is 0 Å². The van der Waals surface area contributed by atoms with Gasteiger partial charge in [-0.25, -0.2) is 4.79 Å². The van der Waals surface area contributed by atoms with Crippen molar-refractivity contribution >= 4 is 38.4 Å². The number of rotatable bonds is 8. The minimum Gasteiger partial charge on any atom is -0.493 e. The Hall–Kier alpha value is -4.11. The fraction of sp³-hybridized carbons (Fsp3) is 0.148. The third-order valence-corrected chi connectivity index (χ3v) is 5.92. The summed E-state index contributed by atoms with van der Waals surface area (Å²) in [6, 6.07) is 17.6. The van der Waals surface area contributed by atoms with Crippen LogP contribution in [0.4, 0.5) is 0 Å². The number of carbonyl (C=O) groups excluding carboxylic acids is 1. The predicted octanol–water partition coefficient (Wildman–Crippen LogP) is 5.64. The molecule has 9 heteroatoms. The van der Waals surface area contributed by atoms with E-state index in [4.69, 9.17) is 23.8 Å². The molecule has 0 aliphatic heterocycles. The summed E-state index contributed by atoms with van der Waals surface area (Å²) in [5.41, 5.74) is 1.74. The second-order valence-corrected chi connectivity index (χ2v) is 8.40. The third-order valence-electron chi connectivity index (χ3n) is 5.43. The average molecular weight is 551 g/mol. The number of ether oxygens (including phenoxy) is 4. The molecular weight excluding hydrogens is 528 g/mol. The molecular formula is C27H23BrN2O6. The predicted molar refractivity (Wildman–Crippen MR) is 140 cm³/mol. The third kappa shape index (κ3) is 5.11. The summed E-state index contributed by atoms with van der Waals surface area (Å²) < 4.78 is 22.5. The average Bonchev–Trinajstić information content (AvgIpc) is 2.92. The quantitative estimate of drug-likeness (QED) is 0.159. The van der Waals surface area contributed by atoms with Gasteiger partial charge in [-0.15, -0.1) is 0 Å². The number of hydrogen-bond donors (Lipinski definition) is 0. The lowest BCUT2D eigenvalue weighted by Crippen LogP contribution is -2.11. The Balaban J connectivity index is 1.89. The first kappa shape index (κ1) is 25.0. The van der Waals surface area contributed by atoms with E-state index in [2.05, 4.69) is 26.1 Å². The van der Waals surface area contributed by atoms with Crippen LogP contribution in [0.1, 0.15) is 21.6 Å². The maximum Gasteiger partial charge on any atom is 0.365 e. The Morgan fingerprint density at radius 2 is 1.47 bits per heavy atom. The number of aromatic nitrogens is 1. The highest BCUT2D eigenvalue weighted by atomic mass is 79.9. The summed E-state index contributed by atoms with van der Waals surface area (Å²) in [5, 5.41) is 5.83. The van der Waals surface area contributed by atoms with Gasteiger partial charge >= 0.3 is 5.97 Å². The molecule has 0 aliphatic rings. The van der Waals surface area contributed by atoms with E-state index in [-0.39, 0.29) is 0 Å². The Bertz CT molecular complexity index is 1450. The first-order chi connectivity index (χ1) is 17.5. The fourth-order valence-electron chi connectivity index (χ4n) is 3.66. The van der Waals surface area contributed by atoms with Gasteiger partial charge in [-0.3, -0.25) is 4.98 Å². The van der Waals surface area contributed by atoms with E-state index in [0.29, 0.717) is 45.5 Å². The maximum absolute atomic E-state index is 12.8. The van der Waals surface area contributed by atoms with Crippen molar-refractivity contribution in [2.24, 2.45) is 5.16 Å². The summed E-state index contributed by atoms with van der Waals surface area (Å²) in [4.78, 5) is 22.8. The SMILES string of the molecule is COc1ccc(/C(=N\OC(=O)c2cccc(Br)c2)c2nccc3cc(OC)c(OC)cc23)cc1OC. The number of carbonyl (C=O) groups is 1. The van der Waals surface area contributed by atoms with Gasteiger partial charge in [-0.05, 0) is 60.0 Å². The molecule has 0 N–H and O–H groups in total. The van der Waals surface area contributed by atoms with Crippen molar-refractivity contribution in [1.29, 1.82) is 0 Å². The highest BCUT2D eigenvalue weighted by Crippen LogP contribution is 2.35. The molecule has 0 radical (unpaired) electrons.